The van der Waals surface area contributed by atoms with Gasteiger partial charge in [-0.1, -0.05) is 11.6 Å². The minimum atomic E-state index is -0.930. The third-order valence-corrected chi connectivity index (χ3v) is 8.94. The first-order chi connectivity index (χ1) is 24.0. The zero-order valence-electron chi connectivity index (χ0n) is 27.7. The Morgan fingerprint density at radius 2 is 1.78 bits per heavy atom. The summed E-state index contributed by atoms with van der Waals surface area (Å²) in [5, 5.41) is 7.80. The Morgan fingerprint density at radius 1 is 1.06 bits per heavy atom. The number of cyclic esters (lactones) is 1. The molecule has 1 unspecified atom stereocenters. The maximum Gasteiger partial charge on any atom is 0.408 e. The maximum absolute atomic E-state index is 14.3. The summed E-state index contributed by atoms with van der Waals surface area (Å²) in [6.07, 6.45) is -1.27. The smallest absolute Gasteiger partial charge is 0.408 e. The third-order valence-electron chi connectivity index (χ3n) is 8.71. The number of nitrogens with one attached hydrogen (secondary N) is 2. The van der Waals surface area contributed by atoms with Gasteiger partial charge in [0.1, 0.15) is 29.5 Å². The molecule has 14 nitrogen and oxygen atoms in total. The zero-order valence-corrected chi connectivity index (χ0v) is 28.4. The Labute approximate surface area is 294 Å². The second-order valence-electron chi connectivity index (χ2n) is 11.8. The highest BCUT2D eigenvalue weighted by Gasteiger charge is 2.40. The van der Waals surface area contributed by atoms with Gasteiger partial charge < -0.3 is 34.8 Å². The van der Waals surface area contributed by atoms with Crippen molar-refractivity contribution >= 4 is 51.9 Å². The molecule has 4 aromatic rings. The molecular weight excluding hydrogens is 673 g/mol. The molecule has 50 heavy (non-hydrogen) atoms. The average molecular weight is 712 g/mol. The van der Waals surface area contributed by atoms with Crippen molar-refractivity contribution in [3.8, 4) is 11.5 Å². The van der Waals surface area contributed by atoms with Crippen molar-refractivity contribution in [2.24, 2.45) is 0 Å². The number of ether oxygens (including phenoxy) is 3. The van der Waals surface area contributed by atoms with E-state index < -0.39 is 41.7 Å². The van der Waals surface area contributed by atoms with Crippen molar-refractivity contribution in [2.45, 2.75) is 32.0 Å². The lowest BCUT2D eigenvalue weighted by Crippen LogP contribution is -2.59. The van der Waals surface area contributed by atoms with Gasteiger partial charge in [0.05, 0.1) is 49.9 Å². The van der Waals surface area contributed by atoms with E-state index in [0.717, 1.165) is 0 Å². The number of hydrogen-bond acceptors (Lipinski definition) is 9. The first-order valence-corrected chi connectivity index (χ1v) is 16.2. The van der Waals surface area contributed by atoms with E-state index >= 15 is 0 Å². The molecule has 4 amide bonds. The average Bonchev–Trinajstić information content (AvgIpc) is 3.46. The zero-order chi connectivity index (χ0) is 35.7. The summed E-state index contributed by atoms with van der Waals surface area (Å²) in [6.45, 7) is 4.29. The minimum Gasteiger partial charge on any atom is -0.497 e. The van der Waals surface area contributed by atoms with E-state index in [1.165, 1.54) is 48.1 Å². The van der Waals surface area contributed by atoms with E-state index in [1.54, 1.807) is 60.2 Å². The van der Waals surface area contributed by atoms with E-state index in [4.69, 9.17) is 30.8 Å². The van der Waals surface area contributed by atoms with Crippen molar-refractivity contribution in [1.29, 1.82) is 0 Å². The number of piperazine rings is 1. The summed E-state index contributed by atoms with van der Waals surface area (Å²) in [7, 11) is 2.96. The molecule has 0 spiro atoms. The number of anilines is 2. The van der Waals surface area contributed by atoms with E-state index in [2.05, 4.69) is 10.6 Å². The van der Waals surface area contributed by atoms with Crippen LogP contribution in [-0.4, -0.2) is 85.1 Å². The Kier molecular flexibility index (Phi) is 9.68. The van der Waals surface area contributed by atoms with E-state index in [1.807, 2.05) is 0 Å². The number of halogens is 2. The van der Waals surface area contributed by atoms with Crippen LogP contribution in [0.25, 0.3) is 10.9 Å². The summed E-state index contributed by atoms with van der Waals surface area (Å²) in [6, 6.07) is 12.6. The summed E-state index contributed by atoms with van der Waals surface area (Å²) < 4.78 is 31.3. The largest absolute Gasteiger partial charge is 0.497 e. The first kappa shape index (κ1) is 34.3. The predicted octanol–water partition coefficient (Wildman–Crippen LogP) is 4.78. The van der Waals surface area contributed by atoms with Gasteiger partial charge in [-0.2, -0.15) is 0 Å². The van der Waals surface area contributed by atoms with Crippen molar-refractivity contribution < 1.29 is 35.8 Å². The normalized spacial score (nSPS) is 17.9. The Balaban J connectivity index is 0.00000302. The highest BCUT2D eigenvalue weighted by atomic mass is 35.5. The Morgan fingerprint density at radius 3 is 2.42 bits per heavy atom. The topological polar surface area (TPSA) is 148 Å². The van der Waals surface area contributed by atoms with Crippen LogP contribution in [0.3, 0.4) is 0 Å². The molecule has 0 bridgehead atoms. The fourth-order valence-electron chi connectivity index (χ4n) is 6.11. The number of methoxy groups -OCH3 is 2. The second-order valence-corrected chi connectivity index (χ2v) is 12.2. The number of amides is 4. The molecule has 6 rings (SSSR count). The Bertz CT molecular complexity index is 2010. The van der Waals surface area contributed by atoms with Crippen LogP contribution in [0, 0.1) is 5.82 Å². The van der Waals surface area contributed by atoms with Gasteiger partial charge in [0.2, 0.25) is 5.91 Å². The summed E-state index contributed by atoms with van der Waals surface area (Å²) >= 11 is 6.33. The van der Waals surface area contributed by atoms with Gasteiger partial charge in [-0.25, -0.2) is 23.6 Å². The number of benzene rings is 3. The van der Waals surface area contributed by atoms with Gasteiger partial charge in [-0.15, -0.1) is 0 Å². The fourth-order valence-corrected chi connectivity index (χ4v) is 6.28. The van der Waals surface area contributed by atoms with Crippen LogP contribution in [0.5, 0.6) is 11.5 Å². The molecule has 2 saturated heterocycles. The number of aromatic nitrogens is 2. The van der Waals surface area contributed by atoms with Crippen molar-refractivity contribution in [2.75, 3.05) is 55.6 Å². The van der Waals surface area contributed by atoms with Crippen LogP contribution in [-0.2, 0) is 9.53 Å². The van der Waals surface area contributed by atoms with Gasteiger partial charge >= 0.3 is 12.1 Å². The van der Waals surface area contributed by atoms with Gasteiger partial charge in [-0.3, -0.25) is 14.5 Å². The molecule has 2 aliphatic heterocycles. The van der Waals surface area contributed by atoms with Gasteiger partial charge in [0.25, 0.3) is 5.56 Å². The van der Waals surface area contributed by atoms with Crippen LogP contribution >= 0.6 is 11.6 Å². The van der Waals surface area contributed by atoms with Crippen molar-refractivity contribution in [1.82, 2.24) is 19.9 Å². The predicted molar refractivity (Wildman–Crippen MR) is 188 cm³/mol. The number of rotatable bonds is 8. The van der Waals surface area contributed by atoms with Crippen LogP contribution in [0.4, 0.5) is 25.4 Å². The molecule has 0 radical (unpaired) electrons. The summed E-state index contributed by atoms with van der Waals surface area (Å²) in [5.41, 5.74) is 0.577. The van der Waals surface area contributed by atoms with Gasteiger partial charge in [-0.05, 0) is 68.4 Å². The molecule has 266 valence electrons. The SMILES string of the molecule is COc1ccc(N(C(=O)Nc2ccc(F)cc2)C(C)c2nc3cc(Cl)ccc3c(=O)n2N2CCN(C(=O)[C@H]3NC(=O)O[C@@H]3C)CC2)c(OC)c1.[HH].[HH]. The number of urea groups is 1. The van der Waals surface area contributed by atoms with Crippen molar-refractivity contribution in [3.63, 3.8) is 0 Å². The second kappa shape index (κ2) is 14.1. The molecule has 2 N–H and O–H groups in total. The van der Waals surface area contributed by atoms with Crippen LogP contribution in [0.15, 0.2) is 65.5 Å². The number of carbonyl (C=O) groups is 3. The quantitative estimate of drug-likeness (QED) is 0.264. The monoisotopic (exact) mass is 711 g/mol. The van der Waals surface area contributed by atoms with E-state index in [0.29, 0.717) is 38.8 Å². The highest BCUT2D eigenvalue weighted by molar-refractivity contribution is 6.31. The lowest BCUT2D eigenvalue weighted by molar-refractivity contribution is -0.134. The molecule has 16 heteroatoms. The molecule has 1 aromatic heterocycles. The van der Waals surface area contributed by atoms with Crippen LogP contribution < -0.4 is 35.6 Å². The van der Waals surface area contributed by atoms with Crippen molar-refractivity contribution in [3.05, 3.63) is 87.7 Å². The number of carbonyl (C=O) groups excluding carboxylic acids is 3. The summed E-state index contributed by atoms with van der Waals surface area (Å²) in [4.78, 5) is 61.4. The van der Waals surface area contributed by atoms with Crippen LogP contribution in [0.1, 0.15) is 28.6 Å². The van der Waals surface area contributed by atoms with E-state index in [9.17, 15) is 23.6 Å². The third kappa shape index (κ3) is 6.68. The van der Waals surface area contributed by atoms with Gasteiger partial charge in [0, 0.05) is 32.7 Å². The molecule has 0 aliphatic carbocycles. The van der Waals surface area contributed by atoms with E-state index in [-0.39, 0.29) is 40.8 Å². The molecule has 3 atom stereocenters. The molecule has 2 aliphatic rings. The highest BCUT2D eigenvalue weighted by Crippen LogP contribution is 2.37. The maximum atomic E-state index is 14.3. The fraction of sp³-hybridized carbons (Fsp3) is 0.324. The molecule has 3 heterocycles. The molecule has 3 aromatic carbocycles. The number of nitrogens with zero attached hydrogens (tertiary/aromatic N) is 5. The number of hydrogen-bond donors (Lipinski definition) is 2. The lowest BCUT2D eigenvalue weighted by Gasteiger charge is -2.39. The molecule has 0 saturated carbocycles. The van der Waals surface area contributed by atoms with Crippen LogP contribution in [0.2, 0.25) is 5.02 Å². The Hall–Kier alpha value is -5.57. The molecular formula is C34H39ClFN7O7. The standard InChI is InChI=1S/C34H35ClFN7O7.2H2/c1-19(42(27-12-10-24(48-3)18-28(27)49-4)33(46)37-23-8-6-22(36)7-9-23)30-38-26-17-21(35)5-11-25(26)31(44)43(30)41-15-13-40(14-16-41)32(45)29-20(2)50-34(47)39-29;;/h5-12,17-20,29H,13-16H2,1-4H3,(H,37,46)(H,39,47);2*1H/t19?,20-,29+;;/m1../s1. The number of fused-ring (bicyclic) bond motifs is 1. The first-order valence-electron chi connectivity index (χ1n) is 15.8. The summed E-state index contributed by atoms with van der Waals surface area (Å²) in [5.74, 6) is 0.225. The molecule has 2 fully saturated rings. The van der Waals surface area contributed by atoms with Gasteiger partial charge in [0.15, 0.2) is 5.82 Å². The minimum absolute atomic E-state index is 0. The lowest BCUT2D eigenvalue weighted by atomic mass is 10.1. The number of alkyl carbamates (subject to hydrolysis) is 1.